The Morgan fingerprint density at radius 3 is 2.33 bits per heavy atom. The molecule has 1 aromatic carbocycles. The number of nitrogens with one attached hydrogen (secondary N) is 1. The van der Waals surface area contributed by atoms with Gasteiger partial charge in [-0.3, -0.25) is 10.1 Å². The predicted octanol–water partition coefficient (Wildman–Crippen LogP) is 4.10. The van der Waals surface area contributed by atoms with E-state index in [1.54, 1.807) is 13.0 Å². The van der Waals surface area contributed by atoms with Crippen molar-refractivity contribution in [3.05, 3.63) is 38.9 Å². The van der Waals surface area contributed by atoms with Crippen molar-refractivity contribution in [2.24, 2.45) is 0 Å². The van der Waals surface area contributed by atoms with E-state index in [2.05, 4.69) is 31.1 Å². The van der Waals surface area contributed by atoms with Crippen LogP contribution in [0.4, 0.5) is 11.5 Å². The first-order valence-corrected chi connectivity index (χ1v) is 6.94. The highest BCUT2D eigenvalue weighted by Crippen LogP contribution is 2.35. The number of hydrogen-bond acceptors (Lipinski definition) is 4. The summed E-state index contributed by atoms with van der Waals surface area (Å²) in [6.45, 7) is 9.97. The lowest BCUT2D eigenvalue weighted by Gasteiger charge is -2.23. The molecule has 0 aliphatic rings. The normalized spacial score (nSPS) is 11.7. The van der Waals surface area contributed by atoms with Crippen molar-refractivity contribution in [2.45, 2.75) is 40.0 Å². The number of benzene rings is 1. The summed E-state index contributed by atoms with van der Waals surface area (Å²) in [6, 6.07) is 3.63. The molecule has 0 aliphatic heterocycles. The number of aryl methyl sites for hydroxylation is 2. The van der Waals surface area contributed by atoms with Crippen LogP contribution >= 0.6 is 0 Å². The van der Waals surface area contributed by atoms with Gasteiger partial charge in [-0.2, -0.15) is 0 Å². The van der Waals surface area contributed by atoms with Gasteiger partial charge in [-0.25, -0.2) is 4.98 Å². The second-order valence-corrected chi connectivity index (χ2v) is 6.38. The molecule has 1 heterocycles. The highest BCUT2D eigenvalue weighted by atomic mass is 16.6. The number of hydrogen-bond donors (Lipinski definition) is 1. The van der Waals surface area contributed by atoms with E-state index in [0.29, 0.717) is 5.56 Å². The molecule has 2 rings (SSSR count). The summed E-state index contributed by atoms with van der Waals surface area (Å²) in [6.07, 6.45) is 0. The van der Waals surface area contributed by atoms with Crippen LogP contribution in [0, 0.1) is 24.0 Å². The van der Waals surface area contributed by atoms with Crippen LogP contribution in [0.5, 0.6) is 0 Å². The summed E-state index contributed by atoms with van der Waals surface area (Å²) in [5.74, 6) is 0.825. The Morgan fingerprint density at radius 1 is 1.24 bits per heavy atom. The summed E-state index contributed by atoms with van der Waals surface area (Å²) >= 11 is 0. The van der Waals surface area contributed by atoms with Gasteiger partial charge in [0.1, 0.15) is 5.82 Å². The molecule has 0 unspecified atom stereocenters. The average Bonchev–Trinajstić information content (AvgIpc) is 2.40. The SMILES string of the molecule is CNc1nc2c(C)cc([N+](=O)[O-])c(C)c2cc1C(C)(C)C. The molecular formula is C16H21N3O2. The number of nitrogens with zero attached hydrogens (tertiary/aromatic N) is 2. The first-order valence-electron chi connectivity index (χ1n) is 6.94. The van der Waals surface area contributed by atoms with Crippen LogP contribution in [-0.4, -0.2) is 17.0 Å². The van der Waals surface area contributed by atoms with Crippen molar-refractivity contribution in [1.29, 1.82) is 0 Å². The largest absolute Gasteiger partial charge is 0.373 e. The topological polar surface area (TPSA) is 68.1 Å². The molecule has 112 valence electrons. The summed E-state index contributed by atoms with van der Waals surface area (Å²) in [4.78, 5) is 15.6. The predicted molar refractivity (Wildman–Crippen MR) is 86.1 cm³/mol. The zero-order valence-corrected chi connectivity index (χ0v) is 13.4. The molecule has 5 nitrogen and oxygen atoms in total. The van der Waals surface area contributed by atoms with Gasteiger partial charge in [0.2, 0.25) is 0 Å². The molecule has 2 aromatic rings. The molecule has 1 N–H and O–H groups in total. The van der Waals surface area contributed by atoms with Gasteiger partial charge in [0, 0.05) is 29.6 Å². The Bertz CT molecular complexity index is 731. The van der Waals surface area contributed by atoms with Crippen molar-refractivity contribution in [1.82, 2.24) is 4.98 Å². The fourth-order valence-electron chi connectivity index (χ4n) is 2.57. The number of aromatic nitrogens is 1. The summed E-state index contributed by atoms with van der Waals surface area (Å²) in [5, 5.41) is 15.2. The minimum absolute atomic E-state index is 0.0928. The third-order valence-electron chi connectivity index (χ3n) is 3.78. The van der Waals surface area contributed by atoms with E-state index in [-0.39, 0.29) is 16.0 Å². The second kappa shape index (κ2) is 4.98. The lowest BCUT2D eigenvalue weighted by atomic mass is 9.85. The molecule has 21 heavy (non-hydrogen) atoms. The highest BCUT2D eigenvalue weighted by Gasteiger charge is 2.23. The second-order valence-electron chi connectivity index (χ2n) is 6.38. The van der Waals surface area contributed by atoms with E-state index in [9.17, 15) is 10.1 Å². The van der Waals surface area contributed by atoms with Gasteiger partial charge in [0.25, 0.3) is 5.69 Å². The fraction of sp³-hybridized carbons (Fsp3) is 0.438. The van der Waals surface area contributed by atoms with E-state index in [1.807, 2.05) is 20.0 Å². The molecule has 0 spiro atoms. The lowest BCUT2D eigenvalue weighted by Crippen LogP contribution is -2.15. The maximum absolute atomic E-state index is 11.2. The Balaban J connectivity index is 2.92. The van der Waals surface area contributed by atoms with E-state index in [4.69, 9.17) is 0 Å². The van der Waals surface area contributed by atoms with Crippen molar-refractivity contribution in [3.63, 3.8) is 0 Å². The van der Waals surface area contributed by atoms with E-state index >= 15 is 0 Å². The smallest absolute Gasteiger partial charge is 0.273 e. The van der Waals surface area contributed by atoms with E-state index in [1.165, 1.54) is 0 Å². The molecule has 0 saturated heterocycles. The molecule has 0 atom stereocenters. The quantitative estimate of drug-likeness (QED) is 0.667. The molecule has 5 heteroatoms. The maximum atomic E-state index is 11.2. The standard InChI is InChI=1S/C16H21N3O2/c1-9-7-13(19(20)21)10(2)11-8-12(16(3,4)5)15(17-6)18-14(9)11/h7-8H,1-6H3,(H,17,18). The van der Waals surface area contributed by atoms with Crippen molar-refractivity contribution >= 4 is 22.4 Å². The third-order valence-corrected chi connectivity index (χ3v) is 3.78. The van der Waals surface area contributed by atoms with Gasteiger partial charge in [0.05, 0.1) is 10.4 Å². The van der Waals surface area contributed by atoms with Gasteiger partial charge >= 0.3 is 0 Å². The van der Waals surface area contributed by atoms with Crippen LogP contribution in [0.2, 0.25) is 0 Å². The zero-order valence-electron chi connectivity index (χ0n) is 13.4. The van der Waals surface area contributed by atoms with Crippen molar-refractivity contribution < 1.29 is 4.92 Å². The summed E-state index contributed by atoms with van der Waals surface area (Å²) < 4.78 is 0. The number of pyridine rings is 1. The van der Waals surface area contributed by atoms with Gasteiger partial charge in [-0.05, 0) is 30.9 Å². The van der Waals surface area contributed by atoms with Gasteiger partial charge < -0.3 is 5.32 Å². The van der Waals surface area contributed by atoms with Crippen LogP contribution in [0.1, 0.15) is 37.5 Å². The minimum Gasteiger partial charge on any atom is -0.373 e. The Kier molecular flexibility index (Phi) is 3.61. The number of anilines is 1. The lowest BCUT2D eigenvalue weighted by molar-refractivity contribution is -0.385. The summed E-state index contributed by atoms with van der Waals surface area (Å²) in [7, 11) is 1.84. The van der Waals surface area contributed by atoms with Crippen LogP contribution < -0.4 is 5.32 Å². The number of nitro groups is 1. The van der Waals surface area contributed by atoms with Gasteiger partial charge in [0.15, 0.2) is 0 Å². The number of fused-ring (bicyclic) bond motifs is 1. The molecule has 0 amide bonds. The zero-order chi connectivity index (χ0) is 15.9. The fourth-order valence-corrected chi connectivity index (χ4v) is 2.57. The number of nitro benzene ring substituents is 1. The van der Waals surface area contributed by atoms with E-state index < -0.39 is 0 Å². The van der Waals surface area contributed by atoms with Crippen molar-refractivity contribution in [3.8, 4) is 0 Å². The monoisotopic (exact) mass is 287 g/mol. The molecular weight excluding hydrogens is 266 g/mol. The summed E-state index contributed by atoms with van der Waals surface area (Å²) in [5.41, 5.74) is 3.42. The van der Waals surface area contributed by atoms with Crippen LogP contribution in [0.3, 0.4) is 0 Å². The van der Waals surface area contributed by atoms with Gasteiger partial charge in [-0.15, -0.1) is 0 Å². The molecule has 0 saturated carbocycles. The Hall–Kier alpha value is -2.17. The first-order chi connectivity index (χ1) is 9.66. The molecule has 0 radical (unpaired) electrons. The molecule has 0 bridgehead atoms. The van der Waals surface area contributed by atoms with Crippen molar-refractivity contribution in [2.75, 3.05) is 12.4 Å². The first kappa shape index (κ1) is 15.2. The molecule has 0 fully saturated rings. The molecule has 1 aromatic heterocycles. The van der Waals surface area contributed by atoms with Crippen LogP contribution in [-0.2, 0) is 5.41 Å². The van der Waals surface area contributed by atoms with E-state index in [0.717, 1.165) is 27.8 Å². The Labute approximate surface area is 124 Å². The highest BCUT2D eigenvalue weighted by molar-refractivity contribution is 5.90. The maximum Gasteiger partial charge on any atom is 0.273 e. The van der Waals surface area contributed by atoms with Crippen LogP contribution in [0.25, 0.3) is 10.9 Å². The third kappa shape index (κ3) is 2.55. The number of rotatable bonds is 2. The van der Waals surface area contributed by atoms with Gasteiger partial charge in [-0.1, -0.05) is 20.8 Å². The Morgan fingerprint density at radius 2 is 1.86 bits per heavy atom. The molecule has 0 aliphatic carbocycles. The minimum atomic E-state index is -0.329. The van der Waals surface area contributed by atoms with Crippen LogP contribution in [0.15, 0.2) is 12.1 Å². The average molecular weight is 287 g/mol.